The molecule has 6 N–H and O–H groups in total. The van der Waals surface area contributed by atoms with Gasteiger partial charge in [-0.25, -0.2) is 5.48 Å². The molecule has 202 valence electrons. The van der Waals surface area contributed by atoms with Gasteiger partial charge in [-0.15, -0.1) is 0 Å². The van der Waals surface area contributed by atoms with Crippen LogP contribution in [-0.2, 0) is 11.4 Å². The highest BCUT2D eigenvalue weighted by atomic mass is 16.5. The number of rotatable bonds is 10. The summed E-state index contributed by atoms with van der Waals surface area (Å²) in [6, 6.07) is 16.2. The van der Waals surface area contributed by atoms with Crippen molar-refractivity contribution < 1.29 is 24.6 Å². The van der Waals surface area contributed by atoms with Crippen LogP contribution in [0.5, 0.6) is 5.75 Å². The number of hydrogen-bond acceptors (Lipinski definition) is 8. The molecule has 0 unspecified atom stereocenters. The van der Waals surface area contributed by atoms with E-state index >= 15 is 0 Å². The largest absolute Gasteiger partial charge is 0.489 e. The van der Waals surface area contributed by atoms with E-state index in [1.807, 2.05) is 37.3 Å². The Morgan fingerprint density at radius 1 is 1.21 bits per heavy atom. The van der Waals surface area contributed by atoms with E-state index < -0.39 is 5.91 Å². The Morgan fingerprint density at radius 3 is 2.71 bits per heavy atom. The predicted octanol–water partition coefficient (Wildman–Crippen LogP) is 1.76. The zero-order valence-corrected chi connectivity index (χ0v) is 21.5. The van der Waals surface area contributed by atoms with Gasteiger partial charge in [0.05, 0.1) is 12.1 Å². The van der Waals surface area contributed by atoms with Gasteiger partial charge >= 0.3 is 0 Å². The lowest BCUT2D eigenvalue weighted by atomic mass is 9.88. The maximum atomic E-state index is 13.1. The number of benzene rings is 2. The van der Waals surface area contributed by atoms with Crippen LogP contribution in [0, 0.1) is 12.8 Å². The van der Waals surface area contributed by atoms with Gasteiger partial charge in [0.2, 0.25) is 5.91 Å². The number of aryl methyl sites for hydroxylation is 1. The molecule has 0 bridgehead atoms. The lowest BCUT2D eigenvalue weighted by Crippen LogP contribution is -2.55. The number of likely N-dealkylation sites (tertiary alicyclic amines) is 1. The first-order valence-corrected chi connectivity index (χ1v) is 12.8. The van der Waals surface area contributed by atoms with Gasteiger partial charge in [0.15, 0.2) is 0 Å². The standard InChI is InChI=1S/C28H35N5O5/c1-18-12-21(24-4-2-3-5-25(24)30-18)17-38-23-8-6-19(7-9-23)28(36)31-26-15-33(14-22(29)16-34)11-10-20(26)13-27(35)32-37/h2-9,12,20,22,26,34,37H,10-11,13-17,29H2,1H3,(H,31,36)(H,32,35)/t20-,22+,26+/m0/s1. The summed E-state index contributed by atoms with van der Waals surface area (Å²) in [5, 5.41) is 22.4. The Morgan fingerprint density at radius 2 is 1.97 bits per heavy atom. The molecule has 10 heteroatoms. The van der Waals surface area contributed by atoms with Crippen molar-refractivity contribution in [2.45, 2.75) is 38.5 Å². The first-order chi connectivity index (χ1) is 18.4. The minimum atomic E-state index is -0.492. The summed E-state index contributed by atoms with van der Waals surface area (Å²) in [7, 11) is 0. The topological polar surface area (TPSA) is 150 Å². The third kappa shape index (κ3) is 7.05. The van der Waals surface area contributed by atoms with E-state index in [0.29, 0.717) is 44.0 Å². The number of pyridine rings is 1. The Hall–Kier alpha value is -3.57. The Kier molecular flexibility index (Phi) is 9.24. The fourth-order valence-corrected chi connectivity index (χ4v) is 4.94. The third-order valence-electron chi connectivity index (χ3n) is 6.90. The molecule has 0 saturated carbocycles. The van der Waals surface area contributed by atoms with E-state index in [1.165, 1.54) is 0 Å². The maximum Gasteiger partial charge on any atom is 0.251 e. The van der Waals surface area contributed by atoms with Crippen molar-refractivity contribution >= 4 is 22.7 Å². The molecule has 0 spiro atoms. The third-order valence-corrected chi connectivity index (χ3v) is 6.90. The molecule has 1 aromatic heterocycles. The number of hydroxylamine groups is 1. The van der Waals surface area contributed by atoms with Crippen LogP contribution in [-0.4, -0.2) is 70.3 Å². The van der Waals surface area contributed by atoms with Gasteiger partial charge in [-0.2, -0.15) is 0 Å². The molecule has 2 amide bonds. The highest BCUT2D eigenvalue weighted by molar-refractivity contribution is 5.94. The average molecular weight is 522 g/mol. The number of nitrogens with zero attached hydrogens (tertiary/aromatic N) is 2. The molecule has 1 saturated heterocycles. The normalized spacial score (nSPS) is 18.6. The minimum absolute atomic E-state index is 0.0945. The van der Waals surface area contributed by atoms with Crippen LogP contribution >= 0.6 is 0 Å². The summed E-state index contributed by atoms with van der Waals surface area (Å²) in [5.74, 6) is -0.262. The molecule has 2 aromatic carbocycles. The molecule has 1 fully saturated rings. The van der Waals surface area contributed by atoms with Crippen molar-refractivity contribution in [2.24, 2.45) is 11.7 Å². The molecule has 2 heterocycles. The van der Waals surface area contributed by atoms with Gasteiger partial charge in [-0.05, 0) is 62.2 Å². The van der Waals surface area contributed by atoms with Crippen LogP contribution in [0.15, 0.2) is 54.6 Å². The summed E-state index contributed by atoms with van der Waals surface area (Å²) < 4.78 is 6.01. The zero-order valence-electron chi connectivity index (χ0n) is 21.5. The summed E-state index contributed by atoms with van der Waals surface area (Å²) in [4.78, 5) is 31.5. The number of piperidine rings is 1. The van der Waals surface area contributed by atoms with Crippen LogP contribution in [0.1, 0.15) is 34.5 Å². The minimum Gasteiger partial charge on any atom is -0.489 e. The molecule has 4 rings (SSSR count). The highest BCUT2D eigenvalue weighted by Crippen LogP contribution is 2.23. The number of nitrogens with two attached hydrogens (primary N) is 1. The Bertz CT molecular complexity index is 1250. The lowest BCUT2D eigenvalue weighted by molar-refractivity contribution is -0.130. The summed E-state index contributed by atoms with van der Waals surface area (Å²) in [5.41, 5.74) is 10.9. The number of carbonyl (C=O) groups is 2. The molecule has 1 aliphatic heterocycles. The molecule has 0 radical (unpaired) electrons. The lowest BCUT2D eigenvalue weighted by Gasteiger charge is -2.39. The van der Waals surface area contributed by atoms with Crippen LogP contribution in [0.3, 0.4) is 0 Å². The first kappa shape index (κ1) is 27.5. The number of para-hydroxylation sites is 1. The molecule has 3 atom stereocenters. The average Bonchev–Trinajstić information content (AvgIpc) is 2.93. The van der Waals surface area contributed by atoms with Gasteiger partial charge in [0, 0.05) is 53.8 Å². The number of aliphatic hydroxyl groups excluding tert-OH is 1. The number of ether oxygens (including phenoxy) is 1. The molecule has 38 heavy (non-hydrogen) atoms. The van der Waals surface area contributed by atoms with Crippen molar-refractivity contribution in [2.75, 3.05) is 26.2 Å². The Labute approximate surface area is 221 Å². The second kappa shape index (κ2) is 12.8. The van der Waals surface area contributed by atoms with E-state index in [9.17, 15) is 14.7 Å². The fraction of sp³-hybridized carbons (Fsp3) is 0.393. The van der Waals surface area contributed by atoms with E-state index in [1.54, 1.807) is 29.7 Å². The van der Waals surface area contributed by atoms with Crippen molar-refractivity contribution in [1.29, 1.82) is 0 Å². The second-order valence-electron chi connectivity index (χ2n) is 9.82. The second-order valence-corrected chi connectivity index (χ2v) is 9.82. The maximum absolute atomic E-state index is 13.1. The van der Waals surface area contributed by atoms with Crippen molar-refractivity contribution in [3.05, 3.63) is 71.4 Å². The van der Waals surface area contributed by atoms with Crippen molar-refractivity contribution in [1.82, 2.24) is 20.7 Å². The Balaban J connectivity index is 1.40. The van der Waals surface area contributed by atoms with Gasteiger partial charge < -0.3 is 20.9 Å². The summed E-state index contributed by atoms with van der Waals surface area (Å²) in [6.45, 7) is 3.86. The molecular weight excluding hydrogens is 486 g/mol. The van der Waals surface area contributed by atoms with Crippen LogP contribution in [0.4, 0.5) is 0 Å². The van der Waals surface area contributed by atoms with E-state index in [2.05, 4.69) is 15.2 Å². The van der Waals surface area contributed by atoms with Gasteiger partial charge in [-0.3, -0.25) is 24.7 Å². The van der Waals surface area contributed by atoms with E-state index in [4.69, 9.17) is 15.7 Å². The summed E-state index contributed by atoms with van der Waals surface area (Å²) >= 11 is 0. The van der Waals surface area contributed by atoms with Crippen molar-refractivity contribution in [3.8, 4) is 5.75 Å². The number of fused-ring (bicyclic) bond motifs is 1. The van der Waals surface area contributed by atoms with E-state index in [0.717, 1.165) is 22.2 Å². The fourth-order valence-electron chi connectivity index (χ4n) is 4.94. The number of hydrogen-bond donors (Lipinski definition) is 5. The van der Waals surface area contributed by atoms with Gasteiger partial charge in [-0.1, -0.05) is 18.2 Å². The highest BCUT2D eigenvalue weighted by Gasteiger charge is 2.32. The van der Waals surface area contributed by atoms with Gasteiger partial charge in [0.1, 0.15) is 12.4 Å². The predicted molar refractivity (Wildman–Crippen MR) is 143 cm³/mol. The van der Waals surface area contributed by atoms with Crippen LogP contribution < -0.4 is 21.3 Å². The quantitative estimate of drug-likeness (QED) is 0.200. The molecular formula is C28H35N5O5. The smallest absolute Gasteiger partial charge is 0.251 e. The number of carbonyl (C=O) groups excluding carboxylic acids is 2. The number of aliphatic hydroxyl groups is 1. The van der Waals surface area contributed by atoms with Gasteiger partial charge in [0.25, 0.3) is 5.91 Å². The van der Waals surface area contributed by atoms with Crippen LogP contribution in [0.25, 0.3) is 10.9 Å². The molecule has 1 aliphatic rings. The van der Waals surface area contributed by atoms with E-state index in [-0.39, 0.29) is 36.9 Å². The zero-order chi connectivity index (χ0) is 27.1. The SMILES string of the molecule is Cc1cc(COc2ccc(C(=O)N[C@@H]3CN(C[C@@H](N)CO)CC[C@H]3CC(=O)NO)cc2)c2ccccc2n1. The first-order valence-electron chi connectivity index (χ1n) is 12.8. The van der Waals surface area contributed by atoms with Crippen LogP contribution in [0.2, 0.25) is 0 Å². The molecule has 10 nitrogen and oxygen atoms in total. The number of amides is 2. The number of aromatic nitrogens is 1. The molecule has 3 aromatic rings. The molecule has 0 aliphatic carbocycles. The summed E-state index contributed by atoms with van der Waals surface area (Å²) in [6.07, 6.45) is 0.740. The van der Waals surface area contributed by atoms with Crippen molar-refractivity contribution in [3.63, 3.8) is 0 Å². The monoisotopic (exact) mass is 521 g/mol. The number of nitrogens with one attached hydrogen (secondary N) is 2.